The van der Waals surface area contributed by atoms with Gasteiger partial charge >= 0.3 is 5.97 Å². The third kappa shape index (κ3) is 2.64. The fraction of sp³-hybridized carbons (Fsp3) is 0.500. The Labute approximate surface area is 119 Å². The second-order valence-corrected chi connectivity index (χ2v) is 6.74. The SMILES string of the molecule is CC1SCCN(c2ncc(Br)cc2C(=O)O)C1C. The number of anilines is 1. The smallest absolute Gasteiger partial charge is 0.339 e. The number of carbonyl (C=O) groups is 1. The molecule has 0 amide bonds. The largest absolute Gasteiger partial charge is 0.478 e. The average molecular weight is 331 g/mol. The van der Waals surface area contributed by atoms with Crippen LogP contribution in [0, 0.1) is 0 Å². The van der Waals surface area contributed by atoms with E-state index in [4.69, 9.17) is 0 Å². The minimum Gasteiger partial charge on any atom is -0.478 e. The summed E-state index contributed by atoms with van der Waals surface area (Å²) in [6, 6.07) is 1.90. The van der Waals surface area contributed by atoms with Crippen LogP contribution in [0.25, 0.3) is 0 Å². The molecule has 1 fully saturated rings. The van der Waals surface area contributed by atoms with Crippen molar-refractivity contribution >= 4 is 39.5 Å². The van der Waals surface area contributed by atoms with Crippen molar-refractivity contribution in [3.8, 4) is 0 Å². The molecule has 0 bridgehead atoms. The van der Waals surface area contributed by atoms with Gasteiger partial charge in [-0.25, -0.2) is 9.78 Å². The molecule has 2 heterocycles. The maximum Gasteiger partial charge on any atom is 0.339 e. The Bertz CT molecular complexity index is 469. The monoisotopic (exact) mass is 330 g/mol. The summed E-state index contributed by atoms with van der Waals surface area (Å²) in [6.07, 6.45) is 1.65. The second kappa shape index (κ2) is 5.48. The molecule has 4 nitrogen and oxygen atoms in total. The predicted molar refractivity (Wildman–Crippen MR) is 77.6 cm³/mol. The third-order valence-electron chi connectivity index (χ3n) is 3.22. The van der Waals surface area contributed by atoms with E-state index in [2.05, 4.69) is 39.7 Å². The van der Waals surface area contributed by atoms with Crippen LogP contribution in [0.3, 0.4) is 0 Å². The van der Waals surface area contributed by atoms with Gasteiger partial charge in [-0.1, -0.05) is 6.92 Å². The summed E-state index contributed by atoms with van der Waals surface area (Å²) in [5.74, 6) is 0.643. The number of rotatable bonds is 2. The molecule has 2 unspecified atom stereocenters. The lowest BCUT2D eigenvalue weighted by Crippen LogP contribution is -2.45. The van der Waals surface area contributed by atoms with Crippen molar-refractivity contribution in [1.82, 2.24) is 4.98 Å². The van der Waals surface area contributed by atoms with E-state index in [1.54, 1.807) is 12.3 Å². The lowest BCUT2D eigenvalue weighted by molar-refractivity contribution is 0.0697. The molecular weight excluding hydrogens is 316 g/mol. The fourth-order valence-electron chi connectivity index (χ4n) is 2.05. The van der Waals surface area contributed by atoms with Gasteiger partial charge in [-0.2, -0.15) is 11.8 Å². The topological polar surface area (TPSA) is 53.4 Å². The quantitative estimate of drug-likeness (QED) is 0.903. The molecule has 0 aliphatic carbocycles. The highest BCUT2D eigenvalue weighted by atomic mass is 79.9. The van der Waals surface area contributed by atoms with Gasteiger partial charge in [0.1, 0.15) is 11.4 Å². The van der Waals surface area contributed by atoms with Crippen LogP contribution < -0.4 is 4.90 Å². The molecule has 0 saturated carbocycles. The zero-order chi connectivity index (χ0) is 13.3. The second-order valence-electron chi connectivity index (χ2n) is 4.34. The van der Waals surface area contributed by atoms with Gasteiger partial charge in [0.05, 0.1) is 0 Å². The number of carboxylic acids is 1. The highest BCUT2D eigenvalue weighted by Crippen LogP contribution is 2.30. The van der Waals surface area contributed by atoms with Gasteiger partial charge in [0.25, 0.3) is 0 Å². The van der Waals surface area contributed by atoms with E-state index in [0.29, 0.717) is 15.5 Å². The highest BCUT2D eigenvalue weighted by Gasteiger charge is 2.29. The Balaban J connectivity index is 2.40. The third-order valence-corrected chi connectivity index (χ3v) is 4.99. The van der Waals surface area contributed by atoms with Crippen LogP contribution in [0.4, 0.5) is 5.82 Å². The van der Waals surface area contributed by atoms with Crippen molar-refractivity contribution in [2.24, 2.45) is 0 Å². The molecule has 1 aromatic rings. The number of aromatic carboxylic acids is 1. The zero-order valence-electron chi connectivity index (χ0n) is 10.3. The number of halogens is 1. The molecule has 0 spiro atoms. The van der Waals surface area contributed by atoms with E-state index >= 15 is 0 Å². The molecule has 18 heavy (non-hydrogen) atoms. The number of pyridine rings is 1. The van der Waals surface area contributed by atoms with Crippen molar-refractivity contribution in [2.45, 2.75) is 25.1 Å². The normalized spacial score (nSPS) is 24.1. The summed E-state index contributed by atoms with van der Waals surface area (Å²) in [4.78, 5) is 17.7. The van der Waals surface area contributed by atoms with Crippen LogP contribution in [-0.4, -0.2) is 39.6 Å². The highest BCUT2D eigenvalue weighted by molar-refractivity contribution is 9.10. The molecule has 1 saturated heterocycles. The Morgan fingerprint density at radius 1 is 1.61 bits per heavy atom. The molecule has 1 aromatic heterocycles. The molecule has 0 radical (unpaired) electrons. The van der Waals surface area contributed by atoms with Gasteiger partial charge in [-0.3, -0.25) is 0 Å². The molecule has 1 N–H and O–H groups in total. The summed E-state index contributed by atoms with van der Waals surface area (Å²) in [5.41, 5.74) is 0.260. The van der Waals surface area contributed by atoms with E-state index in [1.165, 1.54) is 0 Å². The fourth-order valence-corrected chi connectivity index (χ4v) is 3.48. The molecule has 0 aromatic carbocycles. The predicted octanol–water partition coefficient (Wildman–Crippen LogP) is 2.87. The molecule has 2 rings (SSSR count). The first-order valence-corrected chi connectivity index (χ1v) is 7.62. The Morgan fingerprint density at radius 2 is 2.33 bits per heavy atom. The van der Waals surface area contributed by atoms with Crippen molar-refractivity contribution in [3.63, 3.8) is 0 Å². The molecule has 1 aliphatic heterocycles. The van der Waals surface area contributed by atoms with Crippen LogP contribution in [0.5, 0.6) is 0 Å². The van der Waals surface area contributed by atoms with E-state index in [0.717, 1.165) is 12.3 Å². The van der Waals surface area contributed by atoms with E-state index in [-0.39, 0.29) is 11.6 Å². The Morgan fingerprint density at radius 3 is 3.00 bits per heavy atom. The van der Waals surface area contributed by atoms with Crippen LogP contribution in [0.2, 0.25) is 0 Å². The lowest BCUT2D eigenvalue weighted by atomic mass is 10.1. The number of nitrogens with zero attached hydrogens (tertiary/aromatic N) is 2. The van der Waals surface area contributed by atoms with Crippen molar-refractivity contribution < 1.29 is 9.90 Å². The first-order valence-electron chi connectivity index (χ1n) is 5.77. The van der Waals surface area contributed by atoms with Gasteiger partial charge < -0.3 is 10.0 Å². The van der Waals surface area contributed by atoms with E-state index in [1.807, 2.05) is 11.8 Å². The molecule has 1 aliphatic rings. The maximum absolute atomic E-state index is 11.3. The summed E-state index contributed by atoms with van der Waals surface area (Å²) >= 11 is 5.18. The zero-order valence-corrected chi connectivity index (χ0v) is 12.7. The number of hydrogen-bond acceptors (Lipinski definition) is 4. The van der Waals surface area contributed by atoms with Gasteiger partial charge in [-0.15, -0.1) is 0 Å². The van der Waals surface area contributed by atoms with E-state index < -0.39 is 5.97 Å². The van der Waals surface area contributed by atoms with Gasteiger partial charge in [0, 0.05) is 34.3 Å². The molecule has 98 valence electrons. The van der Waals surface area contributed by atoms with Crippen LogP contribution >= 0.6 is 27.7 Å². The van der Waals surface area contributed by atoms with Gasteiger partial charge in [-0.05, 0) is 28.9 Å². The average Bonchev–Trinajstić information content (AvgIpc) is 2.33. The van der Waals surface area contributed by atoms with Crippen LogP contribution in [0.1, 0.15) is 24.2 Å². The minimum atomic E-state index is -0.933. The van der Waals surface area contributed by atoms with Crippen molar-refractivity contribution in [2.75, 3.05) is 17.2 Å². The van der Waals surface area contributed by atoms with E-state index in [9.17, 15) is 9.90 Å². The molecular formula is C12H15BrN2O2S. The number of thioether (sulfide) groups is 1. The first kappa shape index (κ1) is 13.7. The minimum absolute atomic E-state index is 0.260. The van der Waals surface area contributed by atoms with Crippen molar-refractivity contribution in [1.29, 1.82) is 0 Å². The Kier molecular flexibility index (Phi) is 4.17. The summed E-state index contributed by atoms with van der Waals surface area (Å²) in [6.45, 7) is 5.12. The number of carboxylic acid groups (broad SMARTS) is 1. The summed E-state index contributed by atoms with van der Waals surface area (Å²) < 4.78 is 0.690. The first-order chi connectivity index (χ1) is 8.50. The van der Waals surface area contributed by atoms with Gasteiger partial charge in [0.15, 0.2) is 0 Å². The molecule has 6 heteroatoms. The summed E-state index contributed by atoms with van der Waals surface area (Å²) in [5, 5.41) is 9.76. The Hall–Kier alpha value is -0.750. The standard InChI is InChI=1S/C12H15BrN2O2S/c1-7-8(2)18-4-3-15(7)11-10(12(16)17)5-9(13)6-14-11/h5-8H,3-4H2,1-2H3,(H,16,17). The molecule has 2 atom stereocenters. The van der Waals surface area contributed by atoms with Crippen LogP contribution in [0.15, 0.2) is 16.7 Å². The lowest BCUT2D eigenvalue weighted by Gasteiger charge is -2.38. The number of hydrogen-bond donors (Lipinski definition) is 1. The number of aromatic nitrogens is 1. The van der Waals surface area contributed by atoms with Crippen molar-refractivity contribution in [3.05, 3.63) is 22.3 Å². The van der Waals surface area contributed by atoms with Crippen LogP contribution in [-0.2, 0) is 0 Å². The van der Waals surface area contributed by atoms with Gasteiger partial charge in [0.2, 0.25) is 0 Å². The maximum atomic E-state index is 11.3. The summed E-state index contributed by atoms with van der Waals surface area (Å²) in [7, 11) is 0.